The zero-order chi connectivity index (χ0) is 18.0. The summed E-state index contributed by atoms with van der Waals surface area (Å²) in [5, 5.41) is 10.6. The van der Waals surface area contributed by atoms with E-state index in [1.807, 2.05) is 0 Å². The van der Waals surface area contributed by atoms with Crippen molar-refractivity contribution in [3.05, 3.63) is 17.0 Å². The lowest BCUT2D eigenvalue weighted by Gasteiger charge is -2.28. The third kappa shape index (κ3) is 3.88. The number of piperidine rings is 2. The van der Waals surface area contributed by atoms with Gasteiger partial charge in [0.2, 0.25) is 0 Å². The van der Waals surface area contributed by atoms with Crippen LogP contribution in [-0.4, -0.2) is 60.8 Å². The van der Waals surface area contributed by atoms with Crippen LogP contribution in [0.4, 0.5) is 0 Å². The predicted molar refractivity (Wildman–Crippen MR) is 93.2 cm³/mol. The van der Waals surface area contributed by atoms with E-state index in [2.05, 4.69) is 0 Å². The Morgan fingerprint density at radius 3 is 2.32 bits per heavy atom. The van der Waals surface area contributed by atoms with Gasteiger partial charge in [-0.05, 0) is 38.2 Å². The minimum atomic E-state index is -3.67. The number of aliphatic carboxylic acids is 1. The summed E-state index contributed by atoms with van der Waals surface area (Å²) in [6.45, 7) is 1.85. The Morgan fingerprint density at radius 2 is 1.72 bits per heavy atom. The molecule has 2 fully saturated rings. The van der Waals surface area contributed by atoms with Gasteiger partial charge in [0.15, 0.2) is 0 Å². The Bertz CT molecular complexity index is 744. The first-order valence-corrected chi connectivity index (χ1v) is 10.8. The number of rotatable bonds is 4. The SMILES string of the molecule is O=C(O)C1CCN(S(=O)(=O)c2cc(C(=O)N3CCCCC3)cs2)CC1. The lowest BCUT2D eigenvalue weighted by Crippen LogP contribution is -2.40. The minimum absolute atomic E-state index is 0.109. The van der Waals surface area contributed by atoms with E-state index in [1.165, 1.54) is 10.4 Å². The standard InChI is InChI=1S/C16H22N2O5S2/c19-15(17-6-2-1-3-7-17)13-10-14(24-11-13)25(22,23)18-8-4-12(5-9-18)16(20)21/h10-12H,1-9H2,(H,20,21). The van der Waals surface area contributed by atoms with E-state index in [1.54, 1.807) is 10.3 Å². The highest BCUT2D eigenvalue weighted by atomic mass is 32.2. The van der Waals surface area contributed by atoms with Gasteiger partial charge in [-0.15, -0.1) is 11.3 Å². The summed E-state index contributed by atoms with van der Waals surface area (Å²) in [5.41, 5.74) is 0.422. The van der Waals surface area contributed by atoms with E-state index in [0.717, 1.165) is 43.7 Å². The molecule has 0 radical (unpaired) electrons. The van der Waals surface area contributed by atoms with Gasteiger partial charge in [-0.2, -0.15) is 4.31 Å². The molecule has 0 unspecified atom stereocenters. The number of carboxylic acids is 1. The molecule has 0 aliphatic carbocycles. The van der Waals surface area contributed by atoms with E-state index >= 15 is 0 Å². The molecule has 0 bridgehead atoms. The van der Waals surface area contributed by atoms with Crippen molar-refractivity contribution in [2.24, 2.45) is 5.92 Å². The van der Waals surface area contributed by atoms with Gasteiger partial charge in [0.25, 0.3) is 15.9 Å². The van der Waals surface area contributed by atoms with Crippen LogP contribution in [0.5, 0.6) is 0 Å². The van der Waals surface area contributed by atoms with Gasteiger partial charge >= 0.3 is 5.97 Å². The monoisotopic (exact) mass is 386 g/mol. The fraction of sp³-hybridized carbons (Fsp3) is 0.625. The van der Waals surface area contributed by atoms with Crippen LogP contribution in [0, 0.1) is 5.92 Å². The zero-order valence-electron chi connectivity index (χ0n) is 13.9. The van der Waals surface area contributed by atoms with Crippen molar-refractivity contribution in [2.45, 2.75) is 36.3 Å². The van der Waals surface area contributed by atoms with Crippen LogP contribution in [0.1, 0.15) is 42.5 Å². The van der Waals surface area contributed by atoms with Crippen LogP contribution in [0.25, 0.3) is 0 Å². The highest BCUT2D eigenvalue weighted by Crippen LogP contribution is 2.28. The number of carbonyl (C=O) groups is 2. The molecule has 0 atom stereocenters. The fourth-order valence-corrected chi connectivity index (χ4v) is 6.09. The van der Waals surface area contributed by atoms with E-state index in [9.17, 15) is 18.0 Å². The molecule has 0 saturated carbocycles. The first-order valence-electron chi connectivity index (χ1n) is 8.50. The van der Waals surface area contributed by atoms with Gasteiger partial charge in [0, 0.05) is 31.6 Å². The van der Waals surface area contributed by atoms with Crippen LogP contribution < -0.4 is 0 Å². The molecule has 1 amide bonds. The molecule has 138 valence electrons. The van der Waals surface area contributed by atoms with Crippen molar-refractivity contribution in [3.63, 3.8) is 0 Å². The second-order valence-electron chi connectivity index (χ2n) is 6.52. The third-order valence-corrected chi connectivity index (χ3v) is 8.18. The maximum Gasteiger partial charge on any atom is 0.306 e. The van der Waals surface area contributed by atoms with Crippen molar-refractivity contribution in [1.29, 1.82) is 0 Å². The molecule has 1 aromatic rings. The smallest absolute Gasteiger partial charge is 0.306 e. The van der Waals surface area contributed by atoms with Crippen LogP contribution in [0.3, 0.4) is 0 Å². The van der Waals surface area contributed by atoms with Crippen LogP contribution >= 0.6 is 11.3 Å². The number of likely N-dealkylation sites (tertiary alicyclic amines) is 1. The molecular formula is C16H22N2O5S2. The average Bonchev–Trinajstić information content (AvgIpc) is 3.13. The number of hydrogen-bond acceptors (Lipinski definition) is 5. The van der Waals surface area contributed by atoms with Gasteiger partial charge in [0.1, 0.15) is 4.21 Å². The maximum atomic E-state index is 12.7. The molecule has 2 saturated heterocycles. The predicted octanol–water partition coefficient (Wildman–Crippen LogP) is 1.86. The zero-order valence-corrected chi connectivity index (χ0v) is 15.5. The Labute approximate surface area is 151 Å². The summed E-state index contributed by atoms with van der Waals surface area (Å²) in [7, 11) is -3.67. The molecule has 1 aromatic heterocycles. The molecule has 3 heterocycles. The number of amides is 1. The first kappa shape index (κ1) is 18.3. The van der Waals surface area contributed by atoms with Crippen molar-refractivity contribution in [3.8, 4) is 0 Å². The van der Waals surface area contributed by atoms with Crippen molar-refractivity contribution in [2.75, 3.05) is 26.2 Å². The number of hydrogen-bond donors (Lipinski definition) is 1. The number of thiophene rings is 1. The number of sulfonamides is 1. The van der Waals surface area contributed by atoms with Crippen molar-refractivity contribution in [1.82, 2.24) is 9.21 Å². The molecule has 2 aliphatic heterocycles. The molecule has 7 nitrogen and oxygen atoms in total. The Morgan fingerprint density at radius 1 is 1.08 bits per heavy atom. The van der Waals surface area contributed by atoms with Gasteiger partial charge in [-0.3, -0.25) is 9.59 Å². The molecule has 3 rings (SSSR count). The summed E-state index contributed by atoms with van der Waals surface area (Å²) in [6, 6.07) is 1.46. The van der Waals surface area contributed by atoms with E-state index in [-0.39, 0.29) is 23.2 Å². The van der Waals surface area contributed by atoms with Crippen LogP contribution in [-0.2, 0) is 14.8 Å². The van der Waals surface area contributed by atoms with Gasteiger partial charge in [-0.25, -0.2) is 8.42 Å². The van der Waals surface area contributed by atoms with Crippen LogP contribution in [0.2, 0.25) is 0 Å². The molecular weight excluding hydrogens is 364 g/mol. The molecule has 9 heteroatoms. The van der Waals surface area contributed by atoms with Gasteiger partial charge in [-0.1, -0.05) is 0 Å². The van der Waals surface area contributed by atoms with E-state index < -0.39 is 21.9 Å². The quantitative estimate of drug-likeness (QED) is 0.852. The maximum absolute atomic E-state index is 12.7. The van der Waals surface area contributed by atoms with Crippen molar-refractivity contribution < 1.29 is 23.1 Å². The number of carboxylic acid groups (broad SMARTS) is 1. The second-order valence-corrected chi connectivity index (χ2v) is 9.60. The minimum Gasteiger partial charge on any atom is -0.481 e. The lowest BCUT2D eigenvalue weighted by atomic mass is 9.99. The molecule has 0 aromatic carbocycles. The third-order valence-electron chi connectivity index (χ3n) is 4.86. The number of nitrogens with zero attached hydrogens (tertiary/aromatic N) is 2. The summed E-state index contributed by atoms with van der Waals surface area (Å²) >= 11 is 1.06. The number of carbonyl (C=O) groups excluding carboxylic acids is 1. The molecule has 25 heavy (non-hydrogen) atoms. The summed E-state index contributed by atoms with van der Waals surface area (Å²) in [6.07, 6.45) is 3.73. The lowest BCUT2D eigenvalue weighted by molar-refractivity contribution is -0.142. The molecule has 1 N–H and O–H groups in total. The van der Waals surface area contributed by atoms with Gasteiger partial charge in [0.05, 0.1) is 11.5 Å². The highest BCUT2D eigenvalue weighted by molar-refractivity contribution is 7.91. The first-order chi connectivity index (χ1) is 11.9. The fourth-order valence-electron chi connectivity index (χ4n) is 3.31. The summed E-state index contributed by atoms with van der Waals surface area (Å²) in [5.74, 6) is -1.46. The van der Waals surface area contributed by atoms with E-state index in [4.69, 9.17) is 5.11 Å². The summed E-state index contributed by atoms with van der Waals surface area (Å²) in [4.78, 5) is 25.3. The largest absolute Gasteiger partial charge is 0.481 e. The Kier molecular flexibility index (Phi) is 5.45. The topological polar surface area (TPSA) is 95.0 Å². The summed E-state index contributed by atoms with van der Waals surface area (Å²) < 4.78 is 27.0. The normalized spacial score (nSPS) is 20.6. The Hall–Kier alpha value is -1.45. The Balaban J connectivity index is 1.70. The average molecular weight is 386 g/mol. The van der Waals surface area contributed by atoms with Crippen LogP contribution in [0.15, 0.2) is 15.7 Å². The van der Waals surface area contributed by atoms with Gasteiger partial charge < -0.3 is 10.0 Å². The van der Waals surface area contributed by atoms with Crippen molar-refractivity contribution >= 4 is 33.2 Å². The highest BCUT2D eigenvalue weighted by Gasteiger charge is 2.33. The van der Waals surface area contributed by atoms with E-state index in [0.29, 0.717) is 18.4 Å². The molecule has 2 aliphatic rings. The second kappa shape index (κ2) is 7.43. The molecule has 0 spiro atoms.